The van der Waals surface area contributed by atoms with Gasteiger partial charge in [0.15, 0.2) is 11.5 Å². The normalized spacial score (nSPS) is 15.7. The van der Waals surface area contributed by atoms with Gasteiger partial charge in [-0.15, -0.1) is 0 Å². The molecule has 2 rings (SSSR count). The molecule has 1 heterocycles. The molecule has 1 saturated heterocycles. The Morgan fingerprint density at radius 1 is 1.12 bits per heavy atom. The molecule has 5 heteroatoms. The van der Waals surface area contributed by atoms with Crippen LogP contribution in [0.3, 0.4) is 0 Å². The Bertz CT molecular complexity index is 474. The number of benzene rings is 1. The standard InChI is InChI=1S/C19H32N2O3/c1-20(2)9-5-13-24-18-8-7-17(16-19(18)22-3)6-4-10-21-11-14-23-15-12-21/h7-8,16H,4-6,9-15H2,1-3H3. The lowest BCUT2D eigenvalue weighted by Gasteiger charge is -2.26. The maximum absolute atomic E-state index is 5.86. The third kappa shape index (κ3) is 6.67. The zero-order valence-corrected chi connectivity index (χ0v) is 15.4. The molecule has 0 bridgehead atoms. The Morgan fingerprint density at radius 2 is 1.92 bits per heavy atom. The average molecular weight is 336 g/mol. The highest BCUT2D eigenvalue weighted by Gasteiger charge is 2.10. The third-order valence-corrected chi connectivity index (χ3v) is 4.28. The van der Waals surface area contributed by atoms with Crippen molar-refractivity contribution in [3.8, 4) is 11.5 Å². The Hall–Kier alpha value is -1.30. The van der Waals surface area contributed by atoms with Crippen molar-refractivity contribution in [2.75, 3.05) is 67.2 Å². The van der Waals surface area contributed by atoms with Gasteiger partial charge >= 0.3 is 0 Å². The molecule has 0 N–H and O–H groups in total. The molecule has 0 saturated carbocycles. The van der Waals surface area contributed by atoms with Crippen LogP contribution in [0.1, 0.15) is 18.4 Å². The van der Waals surface area contributed by atoms with Gasteiger partial charge in [-0.1, -0.05) is 6.07 Å². The molecule has 1 aromatic carbocycles. The summed E-state index contributed by atoms with van der Waals surface area (Å²) in [6.45, 7) is 6.73. The minimum atomic E-state index is 0.713. The minimum Gasteiger partial charge on any atom is -0.493 e. The van der Waals surface area contributed by atoms with Crippen molar-refractivity contribution in [1.29, 1.82) is 0 Å². The predicted octanol–water partition coefficient (Wildman–Crippen LogP) is 2.29. The summed E-state index contributed by atoms with van der Waals surface area (Å²) in [5.41, 5.74) is 1.31. The second-order valence-corrected chi connectivity index (χ2v) is 6.55. The molecule has 0 unspecified atom stereocenters. The maximum Gasteiger partial charge on any atom is 0.161 e. The molecule has 1 aliphatic heterocycles. The SMILES string of the molecule is COc1cc(CCCN2CCOCC2)ccc1OCCCN(C)C. The molecule has 136 valence electrons. The monoisotopic (exact) mass is 336 g/mol. The molecule has 1 aromatic rings. The molecule has 1 aliphatic rings. The molecule has 1 fully saturated rings. The Morgan fingerprint density at radius 3 is 2.62 bits per heavy atom. The number of nitrogens with zero attached hydrogens (tertiary/aromatic N) is 2. The van der Waals surface area contributed by atoms with Gasteiger partial charge in [-0.25, -0.2) is 0 Å². The highest BCUT2D eigenvalue weighted by molar-refractivity contribution is 5.43. The van der Waals surface area contributed by atoms with Gasteiger partial charge in [0.2, 0.25) is 0 Å². The quantitative estimate of drug-likeness (QED) is 0.613. The van der Waals surface area contributed by atoms with Gasteiger partial charge in [-0.2, -0.15) is 0 Å². The number of hydrogen-bond donors (Lipinski definition) is 0. The molecular weight excluding hydrogens is 304 g/mol. The highest BCUT2D eigenvalue weighted by Crippen LogP contribution is 2.28. The van der Waals surface area contributed by atoms with Crippen LogP contribution in [-0.4, -0.2) is 77.0 Å². The molecule has 0 radical (unpaired) electrons. The molecular formula is C19H32N2O3. The number of ether oxygens (including phenoxy) is 3. The van der Waals surface area contributed by atoms with Crippen molar-refractivity contribution in [1.82, 2.24) is 9.80 Å². The van der Waals surface area contributed by atoms with Crippen molar-refractivity contribution >= 4 is 0 Å². The summed E-state index contributed by atoms with van der Waals surface area (Å²) in [6, 6.07) is 6.31. The van der Waals surface area contributed by atoms with Gasteiger partial charge in [0.1, 0.15) is 0 Å². The van der Waals surface area contributed by atoms with E-state index in [1.54, 1.807) is 7.11 Å². The summed E-state index contributed by atoms with van der Waals surface area (Å²) in [7, 11) is 5.86. The summed E-state index contributed by atoms with van der Waals surface area (Å²) >= 11 is 0. The second-order valence-electron chi connectivity index (χ2n) is 6.55. The van der Waals surface area contributed by atoms with Crippen LogP contribution in [0.15, 0.2) is 18.2 Å². The number of methoxy groups -OCH3 is 1. The summed E-state index contributed by atoms with van der Waals surface area (Å²) in [6.07, 6.45) is 3.23. The lowest BCUT2D eigenvalue weighted by atomic mass is 10.1. The van der Waals surface area contributed by atoms with Crippen molar-refractivity contribution in [2.24, 2.45) is 0 Å². The predicted molar refractivity (Wildman–Crippen MR) is 97.2 cm³/mol. The number of rotatable bonds is 10. The van der Waals surface area contributed by atoms with Crippen LogP contribution in [0.5, 0.6) is 11.5 Å². The van der Waals surface area contributed by atoms with Gasteiger partial charge < -0.3 is 19.1 Å². The first-order chi connectivity index (χ1) is 11.7. The van der Waals surface area contributed by atoms with Crippen molar-refractivity contribution in [3.05, 3.63) is 23.8 Å². The lowest BCUT2D eigenvalue weighted by molar-refractivity contribution is 0.0374. The molecule has 0 atom stereocenters. The van der Waals surface area contributed by atoms with Gasteiger partial charge in [-0.3, -0.25) is 4.90 Å². The number of aryl methyl sites for hydroxylation is 1. The first kappa shape index (κ1) is 19.0. The Kier molecular flexibility index (Phi) is 8.36. The first-order valence-corrected chi connectivity index (χ1v) is 8.93. The molecule has 0 aromatic heterocycles. The largest absolute Gasteiger partial charge is 0.493 e. The summed E-state index contributed by atoms with van der Waals surface area (Å²) < 4.78 is 16.7. The van der Waals surface area contributed by atoms with E-state index in [-0.39, 0.29) is 0 Å². The molecule has 0 spiro atoms. The summed E-state index contributed by atoms with van der Waals surface area (Å²) in [5, 5.41) is 0. The smallest absolute Gasteiger partial charge is 0.161 e. The maximum atomic E-state index is 5.86. The molecule has 0 amide bonds. The van der Waals surface area contributed by atoms with Crippen LogP contribution in [0.4, 0.5) is 0 Å². The Labute approximate surface area is 146 Å². The van der Waals surface area contributed by atoms with E-state index in [9.17, 15) is 0 Å². The third-order valence-electron chi connectivity index (χ3n) is 4.28. The van der Waals surface area contributed by atoms with Crippen molar-refractivity contribution in [3.63, 3.8) is 0 Å². The van der Waals surface area contributed by atoms with E-state index in [0.717, 1.165) is 70.2 Å². The van der Waals surface area contributed by atoms with Gasteiger partial charge in [-0.05, 0) is 57.6 Å². The van der Waals surface area contributed by atoms with E-state index in [2.05, 4.69) is 36.0 Å². The minimum absolute atomic E-state index is 0.713. The van der Waals surface area contributed by atoms with Gasteiger partial charge in [0.25, 0.3) is 0 Å². The zero-order chi connectivity index (χ0) is 17.2. The van der Waals surface area contributed by atoms with E-state index in [4.69, 9.17) is 14.2 Å². The lowest BCUT2D eigenvalue weighted by Crippen LogP contribution is -2.36. The van der Waals surface area contributed by atoms with Crippen molar-refractivity contribution in [2.45, 2.75) is 19.3 Å². The summed E-state index contributed by atoms with van der Waals surface area (Å²) in [5.74, 6) is 1.68. The second kappa shape index (κ2) is 10.5. The van der Waals surface area contributed by atoms with E-state index >= 15 is 0 Å². The van der Waals surface area contributed by atoms with Crippen LogP contribution in [0.2, 0.25) is 0 Å². The highest BCUT2D eigenvalue weighted by atomic mass is 16.5. The molecule has 0 aliphatic carbocycles. The van der Waals surface area contributed by atoms with Crippen LogP contribution < -0.4 is 9.47 Å². The fourth-order valence-electron chi connectivity index (χ4n) is 2.88. The average Bonchev–Trinajstić information content (AvgIpc) is 2.60. The molecule has 24 heavy (non-hydrogen) atoms. The van der Waals surface area contributed by atoms with E-state index in [0.29, 0.717) is 6.61 Å². The number of morpholine rings is 1. The fourth-order valence-corrected chi connectivity index (χ4v) is 2.88. The van der Waals surface area contributed by atoms with E-state index in [1.165, 1.54) is 5.56 Å². The molecule has 5 nitrogen and oxygen atoms in total. The first-order valence-electron chi connectivity index (χ1n) is 8.93. The fraction of sp³-hybridized carbons (Fsp3) is 0.684. The number of hydrogen-bond acceptors (Lipinski definition) is 5. The van der Waals surface area contributed by atoms with Crippen molar-refractivity contribution < 1.29 is 14.2 Å². The van der Waals surface area contributed by atoms with Crippen LogP contribution in [-0.2, 0) is 11.2 Å². The zero-order valence-electron chi connectivity index (χ0n) is 15.4. The van der Waals surface area contributed by atoms with Crippen LogP contribution >= 0.6 is 0 Å². The summed E-state index contributed by atoms with van der Waals surface area (Å²) in [4.78, 5) is 4.64. The topological polar surface area (TPSA) is 34.2 Å². The van der Waals surface area contributed by atoms with Gasteiger partial charge in [0.05, 0.1) is 26.9 Å². The Balaban J connectivity index is 1.77. The van der Waals surface area contributed by atoms with E-state index < -0.39 is 0 Å². The van der Waals surface area contributed by atoms with Crippen LogP contribution in [0, 0.1) is 0 Å². The van der Waals surface area contributed by atoms with Crippen LogP contribution in [0.25, 0.3) is 0 Å². The van der Waals surface area contributed by atoms with E-state index in [1.807, 2.05) is 6.07 Å². The van der Waals surface area contributed by atoms with Gasteiger partial charge in [0, 0.05) is 19.6 Å².